The smallest absolute Gasteiger partial charge is 0.227 e. The van der Waals surface area contributed by atoms with Gasteiger partial charge in [-0.25, -0.2) is 8.78 Å². The molecule has 1 heterocycles. The molecule has 5 nitrogen and oxygen atoms in total. The van der Waals surface area contributed by atoms with Gasteiger partial charge in [0, 0.05) is 44.4 Å². The second-order valence-electron chi connectivity index (χ2n) is 6.62. The molecule has 0 aromatic heterocycles. The van der Waals surface area contributed by atoms with Gasteiger partial charge in [0.1, 0.15) is 11.6 Å². The minimum absolute atomic E-state index is 0.0671. The van der Waals surface area contributed by atoms with Crippen LogP contribution in [0.3, 0.4) is 0 Å². The molecule has 2 aromatic rings. The topological polar surface area (TPSA) is 56.7 Å². The molecular weight excluding hydrogens is 362 g/mol. The highest BCUT2D eigenvalue weighted by Crippen LogP contribution is 2.21. The van der Waals surface area contributed by atoms with E-state index < -0.39 is 11.6 Å². The summed E-state index contributed by atoms with van der Waals surface area (Å²) >= 11 is 0. The van der Waals surface area contributed by atoms with E-state index in [1.54, 1.807) is 11.9 Å². The van der Waals surface area contributed by atoms with Crippen LogP contribution in [0.5, 0.6) is 0 Å². The maximum Gasteiger partial charge on any atom is 0.227 e. The van der Waals surface area contributed by atoms with Crippen molar-refractivity contribution < 1.29 is 13.6 Å². The number of hydrogen-bond acceptors (Lipinski definition) is 2. The standard InChI is InChI=1S/C21H24F2N4O/c1-24-21(25-12-11-17-18(22)4-2-5-19(17)23)26-14-15-7-9-16(10-8-15)27-13-3-6-20(27)28/h2,4-5,7-10H,3,6,11-14H2,1H3,(H2,24,25,26). The largest absolute Gasteiger partial charge is 0.356 e. The van der Waals surface area contributed by atoms with Gasteiger partial charge in [0.05, 0.1) is 0 Å². The lowest BCUT2D eigenvalue weighted by atomic mass is 10.1. The van der Waals surface area contributed by atoms with Gasteiger partial charge in [0.25, 0.3) is 0 Å². The number of amides is 1. The highest BCUT2D eigenvalue weighted by molar-refractivity contribution is 5.95. The molecule has 2 aromatic carbocycles. The summed E-state index contributed by atoms with van der Waals surface area (Å²) in [5.74, 6) is -0.361. The van der Waals surface area contributed by atoms with Crippen molar-refractivity contribution in [3.8, 4) is 0 Å². The Hall–Kier alpha value is -2.96. The number of benzene rings is 2. The third-order valence-electron chi connectivity index (χ3n) is 4.73. The lowest BCUT2D eigenvalue weighted by molar-refractivity contribution is -0.117. The first-order valence-electron chi connectivity index (χ1n) is 9.35. The lowest BCUT2D eigenvalue weighted by Crippen LogP contribution is -2.38. The van der Waals surface area contributed by atoms with Crippen molar-refractivity contribution in [3.05, 3.63) is 65.2 Å². The SMILES string of the molecule is CN=C(NCCc1c(F)cccc1F)NCc1ccc(N2CCCC2=O)cc1. The third-order valence-corrected chi connectivity index (χ3v) is 4.73. The molecule has 28 heavy (non-hydrogen) atoms. The molecule has 1 saturated heterocycles. The van der Waals surface area contributed by atoms with Gasteiger partial charge in [-0.15, -0.1) is 0 Å². The summed E-state index contributed by atoms with van der Waals surface area (Å²) in [6.07, 6.45) is 1.74. The number of nitrogens with one attached hydrogen (secondary N) is 2. The van der Waals surface area contributed by atoms with E-state index in [-0.39, 0.29) is 17.9 Å². The summed E-state index contributed by atoms with van der Waals surface area (Å²) in [4.78, 5) is 17.7. The van der Waals surface area contributed by atoms with Crippen molar-refractivity contribution in [2.24, 2.45) is 4.99 Å². The Balaban J connectivity index is 1.48. The minimum atomic E-state index is -0.540. The number of nitrogens with zero attached hydrogens (tertiary/aromatic N) is 2. The Morgan fingerprint density at radius 2 is 1.82 bits per heavy atom. The maximum atomic E-state index is 13.7. The van der Waals surface area contributed by atoms with E-state index >= 15 is 0 Å². The summed E-state index contributed by atoms with van der Waals surface area (Å²) in [5.41, 5.74) is 2.02. The van der Waals surface area contributed by atoms with Crippen molar-refractivity contribution >= 4 is 17.6 Å². The Kier molecular flexibility index (Phi) is 6.57. The minimum Gasteiger partial charge on any atom is -0.356 e. The molecule has 0 saturated carbocycles. The predicted octanol–water partition coefficient (Wildman–Crippen LogP) is 3.00. The average molecular weight is 386 g/mol. The average Bonchev–Trinajstić information content (AvgIpc) is 3.13. The molecule has 148 valence electrons. The molecule has 1 fully saturated rings. The van der Waals surface area contributed by atoms with E-state index in [9.17, 15) is 13.6 Å². The summed E-state index contributed by atoms with van der Waals surface area (Å²) in [6.45, 7) is 1.67. The molecule has 0 bridgehead atoms. The highest BCUT2D eigenvalue weighted by Gasteiger charge is 2.21. The molecule has 0 aliphatic carbocycles. The van der Waals surface area contributed by atoms with Gasteiger partial charge >= 0.3 is 0 Å². The van der Waals surface area contributed by atoms with Crippen molar-refractivity contribution in [2.75, 3.05) is 25.0 Å². The van der Waals surface area contributed by atoms with Crippen LogP contribution >= 0.6 is 0 Å². The second-order valence-corrected chi connectivity index (χ2v) is 6.62. The Morgan fingerprint density at radius 3 is 2.43 bits per heavy atom. The van der Waals surface area contributed by atoms with Gasteiger partial charge in [-0.05, 0) is 42.7 Å². The van der Waals surface area contributed by atoms with Crippen LogP contribution in [0.15, 0.2) is 47.5 Å². The monoisotopic (exact) mass is 386 g/mol. The summed E-state index contributed by atoms with van der Waals surface area (Å²) in [5, 5.41) is 6.23. The van der Waals surface area contributed by atoms with E-state index in [0.29, 0.717) is 25.5 Å². The molecule has 7 heteroatoms. The Bertz CT molecular complexity index is 832. The zero-order valence-corrected chi connectivity index (χ0v) is 15.8. The summed E-state index contributed by atoms with van der Waals surface area (Å²) in [7, 11) is 1.64. The zero-order valence-electron chi connectivity index (χ0n) is 15.8. The molecule has 2 N–H and O–H groups in total. The second kappa shape index (κ2) is 9.30. The molecule has 0 unspecified atom stereocenters. The Labute approximate surface area is 163 Å². The van der Waals surface area contributed by atoms with Gasteiger partial charge in [0.2, 0.25) is 5.91 Å². The molecule has 0 atom stereocenters. The number of anilines is 1. The molecular formula is C21H24F2N4O. The van der Waals surface area contributed by atoms with Crippen LogP contribution in [0.1, 0.15) is 24.0 Å². The first kappa shape index (κ1) is 19.8. The molecule has 1 aliphatic rings. The van der Waals surface area contributed by atoms with Gasteiger partial charge < -0.3 is 15.5 Å². The number of hydrogen-bond donors (Lipinski definition) is 2. The van der Waals surface area contributed by atoms with Crippen LogP contribution in [0.2, 0.25) is 0 Å². The first-order valence-corrected chi connectivity index (χ1v) is 9.35. The fraction of sp³-hybridized carbons (Fsp3) is 0.333. The van der Waals surface area contributed by atoms with E-state index in [1.165, 1.54) is 18.2 Å². The zero-order chi connectivity index (χ0) is 19.9. The van der Waals surface area contributed by atoms with E-state index in [0.717, 1.165) is 24.2 Å². The van der Waals surface area contributed by atoms with Crippen molar-refractivity contribution in [1.29, 1.82) is 0 Å². The van der Waals surface area contributed by atoms with Crippen LogP contribution in [-0.2, 0) is 17.8 Å². The van der Waals surface area contributed by atoms with Crippen LogP contribution in [0.4, 0.5) is 14.5 Å². The predicted molar refractivity (Wildman–Crippen MR) is 106 cm³/mol. The van der Waals surface area contributed by atoms with E-state index in [4.69, 9.17) is 0 Å². The number of rotatable bonds is 6. The van der Waals surface area contributed by atoms with Gasteiger partial charge in [0.15, 0.2) is 5.96 Å². The van der Waals surface area contributed by atoms with Gasteiger partial charge in [-0.1, -0.05) is 18.2 Å². The fourth-order valence-electron chi connectivity index (χ4n) is 3.20. The van der Waals surface area contributed by atoms with Crippen LogP contribution in [-0.4, -0.2) is 32.0 Å². The third kappa shape index (κ3) is 4.85. The van der Waals surface area contributed by atoms with Gasteiger partial charge in [-0.3, -0.25) is 9.79 Å². The summed E-state index contributed by atoms with van der Waals surface area (Å²) < 4.78 is 27.3. The highest BCUT2D eigenvalue weighted by atomic mass is 19.1. The van der Waals surface area contributed by atoms with Gasteiger partial charge in [-0.2, -0.15) is 0 Å². The van der Waals surface area contributed by atoms with Crippen molar-refractivity contribution in [2.45, 2.75) is 25.8 Å². The Morgan fingerprint density at radius 1 is 1.11 bits per heavy atom. The van der Waals surface area contributed by atoms with Crippen molar-refractivity contribution in [3.63, 3.8) is 0 Å². The van der Waals surface area contributed by atoms with Crippen LogP contribution in [0, 0.1) is 11.6 Å². The van der Waals surface area contributed by atoms with Crippen molar-refractivity contribution in [1.82, 2.24) is 10.6 Å². The quantitative estimate of drug-likeness (QED) is 0.593. The number of guanidine groups is 1. The number of aliphatic imine (C=N–C) groups is 1. The molecule has 0 radical (unpaired) electrons. The molecule has 3 rings (SSSR count). The first-order chi connectivity index (χ1) is 13.6. The molecule has 1 amide bonds. The van der Waals surface area contributed by atoms with E-state index in [2.05, 4.69) is 15.6 Å². The van der Waals surface area contributed by atoms with Crippen LogP contribution < -0.4 is 15.5 Å². The fourth-order valence-corrected chi connectivity index (χ4v) is 3.20. The number of halogens is 2. The van der Waals surface area contributed by atoms with Crippen LogP contribution in [0.25, 0.3) is 0 Å². The molecule has 1 aliphatic heterocycles. The summed E-state index contributed by atoms with van der Waals surface area (Å²) in [6, 6.07) is 11.7. The maximum absolute atomic E-state index is 13.7. The normalized spacial score (nSPS) is 14.5. The molecule has 0 spiro atoms. The number of carbonyl (C=O) groups is 1. The number of carbonyl (C=O) groups excluding carboxylic acids is 1. The van der Waals surface area contributed by atoms with E-state index in [1.807, 2.05) is 24.3 Å². The lowest BCUT2D eigenvalue weighted by Gasteiger charge is -2.16.